The Morgan fingerprint density at radius 1 is 0.946 bits per heavy atom. The molecule has 3 aromatic rings. The highest BCUT2D eigenvalue weighted by Crippen LogP contribution is 2.31. The van der Waals surface area contributed by atoms with Gasteiger partial charge in [0.1, 0.15) is 17.4 Å². The number of ether oxygens (including phenoxy) is 3. The Morgan fingerprint density at radius 2 is 1.59 bits per heavy atom. The summed E-state index contributed by atoms with van der Waals surface area (Å²) in [5.74, 6) is 0.435. The van der Waals surface area contributed by atoms with Crippen LogP contribution in [0.3, 0.4) is 0 Å². The molecule has 8 nitrogen and oxygen atoms in total. The van der Waals surface area contributed by atoms with E-state index >= 15 is 0 Å². The van der Waals surface area contributed by atoms with E-state index in [1.807, 2.05) is 26.8 Å². The minimum atomic E-state index is -4.36. The zero-order valence-corrected chi connectivity index (χ0v) is 21.9. The average molecular weight is 521 g/mol. The predicted molar refractivity (Wildman–Crippen MR) is 141 cm³/mol. The number of carbonyl (C=O) groups excluding carboxylic acids is 1. The monoisotopic (exact) mass is 520 g/mol. The van der Waals surface area contributed by atoms with Gasteiger partial charge in [-0.2, -0.15) is 9.57 Å². The average Bonchev–Trinajstić information content (AvgIpc) is 2.89. The molecule has 192 valence electrons. The van der Waals surface area contributed by atoms with E-state index in [4.69, 9.17) is 14.2 Å². The highest BCUT2D eigenvalue weighted by atomic mass is 32.2. The summed E-state index contributed by atoms with van der Waals surface area (Å²) in [6, 6.07) is 18.9. The number of benzene rings is 3. The number of carbonyl (C=O) groups is 1. The molecule has 0 bridgehead atoms. The number of nitrogens with zero attached hydrogens (tertiary/aromatic N) is 2. The summed E-state index contributed by atoms with van der Waals surface area (Å²) in [6.07, 6.45) is 1.31. The zero-order chi connectivity index (χ0) is 27.0. The number of amides is 1. The normalized spacial score (nSPS) is 11.4. The van der Waals surface area contributed by atoms with Gasteiger partial charge in [-0.15, -0.1) is 0 Å². The Morgan fingerprint density at radius 3 is 2.16 bits per heavy atom. The minimum Gasteiger partial charge on any atom is -0.494 e. The third-order valence-corrected chi connectivity index (χ3v) is 7.00. The topological polar surface area (TPSA) is 106 Å². The van der Waals surface area contributed by atoms with Crippen LogP contribution >= 0.6 is 0 Å². The maximum absolute atomic E-state index is 13.7. The van der Waals surface area contributed by atoms with Crippen molar-refractivity contribution in [2.75, 3.05) is 24.6 Å². The highest BCUT2D eigenvalue weighted by Gasteiger charge is 2.33. The van der Waals surface area contributed by atoms with E-state index in [9.17, 15) is 18.5 Å². The van der Waals surface area contributed by atoms with Crippen molar-refractivity contribution in [2.45, 2.75) is 25.7 Å². The first-order valence-electron chi connectivity index (χ1n) is 11.6. The Bertz CT molecular complexity index is 1420. The first kappa shape index (κ1) is 27.3. The van der Waals surface area contributed by atoms with E-state index in [0.717, 1.165) is 5.56 Å². The summed E-state index contributed by atoms with van der Waals surface area (Å²) in [6.45, 7) is 6.35. The first-order chi connectivity index (χ1) is 17.7. The maximum atomic E-state index is 13.7. The van der Waals surface area contributed by atoms with E-state index < -0.39 is 15.9 Å². The van der Waals surface area contributed by atoms with Crippen LogP contribution in [0, 0.1) is 18.3 Å². The van der Waals surface area contributed by atoms with Crippen molar-refractivity contribution < 1.29 is 27.4 Å². The van der Waals surface area contributed by atoms with Crippen molar-refractivity contribution in [1.82, 2.24) is 0 Å². The summed E-state index contributed by atoms with van der Waals surface area (Å²) < 4.78 is 44.3. The number of rotatable bonds is 10. The van der Waals surface area contributed by atoms with Crippen LogP contribution in [0.15, 0.2) is 77.2 Å². The lowest BCUT2D eigenvalue weighted by atomic mass is 10.1. The molecule has 0 fully saturated rings. The Balaban J connectivity index is 2.12. The van der Waals surface area contributed by atoms with Gasteiger partial charge in [-0.1, -0.05) is 23.8 Å². The van der Waals surface area contributed by atoms with Gasteiger partial charge in [0.25, 0.3) is 15.9 Å². The van der Waals surface area contributed by atoms with Crippen LogP contribution in [0.1, 0.15) is 25.0 Å². The van der Waals surface area contributed by atoms with Crippen LogP contribution in [0.25, 0.3) is 6.08 Å². The molecule has 0 heterocycles. The fraction of sp³-hybridized carbons (Fsp3) is 0.214. The Hall–Kier alpha value is -4.29. The summed E-state index contributed by atoms with van der Waals surface area (Å²) in [7, 11) is -2.89. The maximum Gasteiger partial charge on any atom is 0.282 e. The zero-order valence-electron chi connectivity index (χ0n) is 21.1. The third-order valence-electron chi connectivity index (χ3n) is 5.28. The lowest BCUT2D eigenvalue weighted by Crippen LogP contribution is -2.37. The fourth-order valence-electron chi connectivity index (χ4n) is 3.49. The van der Waals surface area contributed by atoms with Gasteiger partial charge in [-0.3, -0.25) is 4.79 Å². The number of hydrogen-bond acceptors (Lipinski definition) is 7. The molecule has 0 aromatic heterocycles. The molecule has 0 atom stereocenters. The van der Waals surface area contributed by atoms with Crippen molar-refractivity contribution in [3.8, 4) is 23.3 Å². The molecule has 1 amide bonds. The van der Waals surface area contributed by atoms with Gasteiger partial charge in [0.15, 0.2) is 11.5 Å². The largest absolute Gasteiger partial charge is 0.494 e. The molecular weight excluding hydrogens is 492 g/mol. The van der Waals surface area contributed by atoms with Crippen LogP contribution in [-0.4, -0.2) is 34.6 Å². The number of sulfonamides is 1. The number of anilines is 1. The van der Waals surface area contributed by atoms with Crippen LogP contribution in [-0.2, 0) is 14.8 Å². The molecule has 3 rings (SSSR count). The third kappa shape index (κ3) is 6.29. The second-order valence-corrected chi connectivity index (χ2v) is 9.61. The van der Waals surface area contributed by atoms with Crippen LogP contribution in [0.2, 0.25) is 0 Å². The molecular formula is C28H28N2O6S. The van der Waals surface area contributed by atoms with E-state index in [-0.39, 0.29) is 16.2 Å². The molecule has 0 aliphatic rings. The summed E-state index contributed by atoms with van der Waals surface area (Å²) in [5.41, 5.74) is 1.01. The van der Waals surface area contributed by atoms with Gasteiger partial charge in [-0.25, -0.2) is 8.42 Å². The Kier molecular flexibility index (Phi) is 8.93. The highest BCUT2D eigenvalue weighted by molar-refractivity contribution is 7.93. The Labute approximate surface area is 217 Å². The van der Waals surface area contributed by atoms with E-state index in [1.165, 1.54) is 37.5 Å². The van der Waals surface area contributed by atoms with E-state index in [1.54, 1.807) is 42.5 Å². The molecule has 0 saturated carbocycles. The van der Waals surface area contributed by atoms with Gasteiger partial charge in [0.05, 0.1) is 30.9 Å². The molecule has 0 spiro atoms. The minimum absolute atomic E-state index is 0.0689. The van der Waals surface area contributed by atoms with Gasteiger partial charge in [0.2, 0.25) is 0 Å². The SMILES string of the molecule is CCOc1ccc(N(C(=O)/C(C#N)=C/c2ccc(OCC)c(OC)c2)S(=O)(=O)c2ccc(C)cc2)cc1. The van der Waals surface area contributed by atoms with Crippen molar-refractivity contribution in [3.05, 3.63) is 83.4 Å². The van der Waals surface area contributed by atoms with E-state index in [0.29, 0.717) is 40.3 Å². The number of aryl methyl sites for hydroxylation is 1. The first-order valence-corrected chi connectivity index (χ1v) is 13.0. The van der Waals surface area contributed by atoms with Crippen LogP contribution in [0.4, 0.5) is 5.69 Å². The van der Waals surface area contributed by atoms with Crippen molar-refractivity contribution in [2.24, 2.45) is 0 Å². The molecule has 0 unspecified atom stereocenters. The van der Waals surface area contributed by atoms with Crippen molar-refractivity contribution in [1.29, 1.82) is 5.26 Å². The second kappa shape index (κ2) is 12.1. The molecule has 3 aromatic carbocycles. The van der Waals surface area contributed by atoms with E-state index in [2.05, 4.69) is 0 Å². The molecule has 0 N–H and O–H groups in total. The smallest absolute Gasteiger partial charge is 0.282 e. The van der Waals surface area contributed by atoms with Crippen molar-refractivity contribution >= 4 is 27.7 Å². The van der Waals surface area contributed by atoms with Gasteiger partial charge in [-0.05, 0) is 80.9 Å². The second-order valence-electron chi connectivity index (χ2n) is 7.83. The molecule has 0 aliphatic heterocycles. The van der Waals surface area contributed by atoms with Gasteiger partial charge in [0, 0.05) is 0 Å². The quantitative estimate of drug-likeness (QED) is 0.269. The number of hydrogen-bond donors (Lipinski definition) is 0. The summed E-state index contributed by atoms with van der Waals surface area (Å²) >= 11 is 0. The van der Waals surface area contributed by atoms with Crippen LogP contribution < -0.4 is 18.5 Å². The number of nitriles is 1. The molecule has 37 heavy (non-hydrogen) atoms. The molecule has 0 radical (unpaired) electrons. The summed E-state index contributed by atoms with van der Waals surface area (Å²) in [4.78, 5) is 13.6. The summed E-state index contributed by atoms with van der Waals surface area (Å²) in [5, 5.41) is 9.87. The van der Waals surface area contributed by atoms with Crippen molar-refractivity contribution in [3.63, 3.8) is 0 Å². The standard InChI is InChI=1S/C28H28N2O6S/c1-5-35-24-12-10-23(11-13-24)30(37(32,33)25-14-7-20(3)8-15-25)28(31)22(19-29)17-21-9-16-26(36-6-2)27(18-21)34-4/h7-18H,5-6H2,1-4H3/b22-17+. The molecule has 0 saturated heterocycles. The lowest BCUT2D eigenvalue weighted by molar-refractivity contribution is -0.113. The van der Waals surface area contributed by atoms with Gasteiger partial charge >= 0.3 is 0 Å². The van der Waals surface area contributed by atoms with Gasteiger partial charge < -0.3 is 14.2 Å². The number of methoxy groups -OCH3 is 1. The molecule has 9 heteroatoms. The fourth-order valence-corrected chi connectivity index (χ4v) is 4.90. The van der Waals surface area contributed by atoms with Crippen LogP contribution in [0.5, 0.6) is 17.2 Å². The predicted octanol–water partition coefficient (Wildman–Crippen LogP) is 5.13. The molecule has 0 aliphatic carbocycles. The lowest BCUT2D eigenvalue weighted by Gasteiger charge is -2.23.